The van der Waals surface area contributed by atoms with Crippen LogP contribution >= 0.6 is 0 Å². The first-order valence-corrected chi connectivity index (χ1v) is 13.0. The second-order valence-corrected chi connectivity index (χ2v) is 11.7. The molecule has 0 heterocycles. The zero-order chi connectivity index (χ0) is 23.7. The summed E-state index contributed by atoms with van der Waals surface area (Å²) in [6.45, 7) is 4.80. The molecule has 170 valence electrons. The van der Waals surface area contributed by atoms with Crippen molar-refractivity contribution in [2.45, 2.75) is 37.5 Å². The second-order valence-electron chi connectivity index (χ2n) is 7.71. The van der Waals surface area contributed by atoms with Crippen LogP contribution in [0.4, 0.5) is 4.39 Å². The Morgan fingerprint density at radius 3 is 2.39 bits per heavy atom. The first-order chi connectivity index (χ1) is 14.3. The number of primary amides is 2. The first-order valence-electron chi connectivity index (χ1n) is 9.61. The molecule has 2 amide bonds. The van der Waals surface area contributed by atoms with Crippen molar-refractivity contribution in [1.82, 2.24) is 0 Å². The fourth-order valence-electron chi connectivity index (χ4n) is 3.82. The number of carbonyl (C=O) groups is 2. The molecule has 0 aliphatic heterocycles. The Morgan fingerprint density at radius 1 is 1.29 bits per heavy atom. The maximum absolute atomic E-state index is 15.6. The Morgan fingerprint density at radius 2 is 1.90 bits per heavy atom. The topological polar surface area (TPSA) is 143 Å². The third-order valence-electron chi connectivity index (χ3n) is 5.48. The van der Waals surface area contributed by atoms with Gasteiger partial charge in [-0.15, -0.1) is 0 Å². The van der Waals surface area contributed by atoms with Gasteiger partial charge in [0.2, 0.25) is 11.8 Å². The Hall–Kier alpha value is -2.17. The average Bonchev–Trinajstić information content (AvgIpc) is 2.67. The van der Waals surface area contributed by atoms with Crippen LogP contribution in [0.25, 0.3) is 0 Å². The highest BCUT2D eigenvalue weighted by atomic mass is 32.2. The van der Waals surface area contributed by atoms with Gasteiger partial charge in [0, 0.05) is 11.8 Å². The standard InChI is InChI=1S/C21H27FN2O5S2/c1-5-30(27)17-11-15(14(18(22)13(17)3)7-9-31(4,28)29)21(20(24)26)8-6-12(2)10-16(21)19(23)25/h6,8,10-11,16H,5,7,9H2,1-4H3,(H2,23,25)(H2,24,26). The number of hydrogen-bond donors (Lipinski definition) is 2. The number of benzene rings is 1. The molecule has 10 heteroatoms. The van der Waals surface area contributed by atoms with Gasteiger partial charge in [0.1, 0.15) is 26.8 Å². The van der Waals surface area contributed by atoms with E-state index in [1.165, 1.54) is 25.1 Å². The number of nitrogens with two attached hydrogens (primary N) is 2. The van der Waals surface area contributed by atoms with Crippen LogP contribution in [0.5, 0.6) is 0 Å². The zero-order valence-electron chi connectivity index (χ0n) is 17.9. The van der Waals surface area contributed by atoms with Crippen LogP contribution in [0.15, 0.2) is 34.8 Å². The molecule has 0 spiro atoms. The summed E-state index contributed by atoms with van der Waals surface area (Å²) in [5.74, 6) is -4.00. The van der Waals surface area contributed by atoms with Crippen LogP contribution in [0.1, 0.15) is 30.5 Å². The third kappa shape index (κ3) is 4.86. The molecule has 1 aromatic rings. The Labute approximate surface area is 184 Å². The van der Waals surface area contributed by atoms with Gasteiger partial charge in [0.15, 0.2) is 4.90 Å². The summed E-state index contributed by atoms with van der Waals surface area (Å²) < 4.78 is 51.7. The van der Waals surface area contributed by atoms with E-state index < -0.39 is 50.0 Å². The lowest BCUT2D eigenvalue weighted by molar-refractivity contribution is -0.130. The molecule has 1 aliphatic rings. The average molecular weight is 471 g/mol. The van der Waals surface area contributed by atoms with Gasteiger partial charge >= 0.3 is 0 Å². The van der Waals surface area contributed by atoms with Crippen LogP contribution < -0.4 is 11.5 Å². The number of carbonyl (C=O) groups excluding carboxylic acids is 2. The predicted molar refractivity (Wildman–Crippen MR) is 118 cm³/mol. The van der Waals surface area contributed by atoms with E-state index in [2.05, 4.69) is 0 Å². The molecule has 0 fully saturated rings. The molecule has 0 aromatic heterocycles. The minimum atomic E-state index is -3.47. The molecule has 0 radical (unpaired) electrons. The third-order valence-corrected chi connectivity index (χ3v) is 7.87. The van der Waals surface area contributed by atoms with E-state index in [0.717, 1.165) is 6.26 Å². The lowest BCUT2D eigenvalue weighted by Gasteiger charge is -2.37. The highest BCUT2D eigenvalue weighted by Gasteiger charge is 2.49. The van der Waals surface area contributed by atoms with E-state index in [9.17, 15) is 22.6 Å². The molecule has 3 unspecified atom stereocenters. The van der Waals surface area contributed by atoms with Crippen LogP contribution in [0.2, 0.25) is 0 Å². The maximum atomic E-state index is 15.6. The van der Waals surface area contributed by atoms with Crippen LogP contribution in [-0.4, -0.2) is 42.5 Å². The fraction of sp³-hybridized carbons (Fsp3) is 0.429. The summed E-state index contributed by atoms with van der Waals surface area (Å²) in [7, 11) is -3.47. The first kappa shape index (κ1) is 25.1. The normalized spacial score (nSPS) is 22.1. The lowest BCUT2D eigenvalue weighted by atomic mass is 9.64. The second kappa shape index (κ2) is 9.13. The molecule has 7 nitrogen and oxygen atoms in total. The molecule has 0 bridgehead atoms. The molecule has 1 aromatic carbocycles. The Kier molecular flexibility index (Phi) is 7.39. The van der Waals surface area contributed by atoms with E-state index in [0.29, 0.717) is 5.57 Å². The van der Waals surface area contributed by atoms with Gasteiger partial charge in [0.05, 0.1) is 11.7 Å². The molecule has 3 atom stereocenters. The van der Waals surface area contributed by atoms with Crippen molar-refractivity contribution in [3.8, 4) is 0 Å². The summed E-state index contributed by atoms with van der Waals surface area (Å²) in [6.07, 6.45) is 5.20. The van der Waals surface area contributed by atoms with Crippen molar-refractivity contribution in [2.24, 2.45) is 17.4 Å². The van der Waals surface area contributed by atoms with Gasteiger partial charge in [-0.25, -0.2) is 12.8 Å². The molecular weight excluding hydrogens is 443 g/mol. The molecular formula is C21H27FN2O5S2. The van der Waals surface area contributed by atoms with Crippen LogP contribution in [0, 0.1) is 18.7 Å². The summed E-state index contributed by atoms with van der Waals surface area (Å²) in [5.41, 5.74) is 10.2. The van der Waals surface area contributed by atoms with Crippen molar-refractivity contribution in [3.63, 3.8) is 0 Å². The van der Waals surface area contributed by atoms with Gasteiger partial charge in [-0.2, -0.15) is 0 Å². The van der Waals surface area contributed by atoms with Gasteiger partial charge < -0.3 is 16.0 Å². The van der Waals surface area contributed by atoms with Crippen molar-refractivity contribution in [2.75, 3.05) is 17.8 Å². The molecule has 0 saturated heterocycles. The fourth-order valence-corrected chi connectivity index (χ4v) is 5.39. The molecule has 0 saturated carbocycles. The molecule has 4 N–H and O–H groups in total. The van der Waals surface area contributed by atoms with Crippen molar-refractivity contribution in [3.05, 3.63) is 52.4 Å². The smallest absolute Gasteiger partial charge is 0.233 e. The molecule has 1 aliphatic carbocycles. The highest BCUT2D eigenvalue weighted by Crippen LogP contribution is 2.43. The monoisotopic (exact) mass is 470 g/mol. The van der Waals surface area contributed by atoms with Gasteiger partial charge in [-0.3, -0.25) is 9.59 Å². The van der Waals surface area contributed by atoms with E-state index in [-0.39, 0.29) is 39.5 Å². The number of allylic oxidation sites excluding steroid dienone is 2. The number of sulfone groups is 1. The number of hydrogen-bond acceptors (Lipinski definition) is 5. The minimum absolute atomic E-state index is 0.00681. The molecule has 31 heavy (non-hydrogen) atoms. The summed E-state index contributed by atoms with van der Waals surface area (Å²) in [6, 6.07) is 1.40. The number of amides is 2. The lowest BCUT2D eigenvalue weighted by Crippen LogP contribution is -2.51. The van der Waals surface area contributed by atoms with E-state index >= 15 is 4.39 Å². The van der Waals surface area contributed by atoms with E-state index in [1.54, 1.807) is 19.9 Å². The largest absolute Gasteiger partial charge is 0.611 e. The van der Waals surface area contributed by atoms with Crippen molar-refractivity contribution >= 4 is 32.8 Å². The maximum Gasteiger partial charge on any atom is 0.233 e. The SMILES string of the molecule is CC[S+]([O-])c1cc(C2(C(N)=O)C=CC(C)=CC2C(N)=O)c(CCS(C)(=O)=O)c(F)c1C. The Bertz CT molecular complexity index is 1080. The summed E-state index contributed by atoms with van der Waals surface area (Å²) >= 11 is -1.58. The van der Waals surface area contributed by atoms with Gasteiger partial charge in [-0.1, -0.05) is 23.8 Å². The van der Waals surface area contributed by atoms with Gasteiger partial charge in [-0.05, 0) is 55.6 Å². The van der Waals surface area contributed by atoms with Crippen molar-refractivity contribution in [1.29, 1.82) is 0 Å². The van der Waals surface area contributed by atoms with Gasteiger partial charge in [0.25, 0.3) is 0 Å². The Balaban J connectivity index is 2.95. The highest BCUT2D eigenvalue weighted by molar-refractivity contribution is 7.91. The number of rotatable bonds is 8. The molecule has 2 rings (SSSR count). The zero-order valence-corrected chi connectivity index (χ0v) is 19.5. The van der Waals surface area contributed by atoms with Crippen LogP contribution in [-0.2, 0) is 42.4 Å². The van der Waals surface area contributed by atoms with Crippen molar-refractivity contribution < 1.29 is 27.0 Å². The summed E-state index contributed by atoms with van der Waals surface area (Å²) in [4.78, 5) is 25.3. The van der Waals surface area contributed by atoms with E-state index in [1.807, 2.05) is 0 Å². The summed E-state index contributed by atoms with van der Waals surface area (Å²) in [5, 5.41) is 0. The minimum Gasteiger partial charge on any atom is -0.611 e. The predicted octanol–water partition coefficient (Wildman–Crippen LogP) is 1.19. The van der Waals surface area contributed by atoms with E-state index in [4.69, 9.17) is 11.5 Å². The number of halogens is 1. The van der Waals surface area contributed by atoms with Crippen LogP contribution in [0.3, 0.4) is 0 Å². The quantitative estimate of drug-likeness (QED) is 0.549.